The first-order valence-corrected chi connectivity index (χ1v) is 11.0. The predicted molar refractivity (Wildman–Crippen MR) is 122 cm³/mol. The Morgan fingerprint density at radius 2 is 1.57 bits per heavy atom. The molecule has 0 amide bonds. The van der Waals surface area contributed by atoms with E-state index < -0.39 is 0 Å². The Hall–Kier alpha value is -2.66. The molecule has 162 valence electrons. The first-order chi connectivity index (χ1) is 14.8. The number of unbranched alkanes of at least 4 members (excludes halogenated alkanes) is 8. The van der Waals surface area contributed by atoms with E-state index in [9.17, 15) is 10.0 Å². The fourth-order valence-corrected chi connectivity index (χ4v) is 3.31. The van der Waals surface area contributed by atoms with Crippen LogP contribution in [0.1, 0.15) is 80.6 Å². The Balaban J connectivity index is 1.75. The van der Waals surface area contributed by atoms with Gasteiger partial charge in [0.15, 0.2) is 12.1 Å². The zero-order chi connectivity index (χ0) is 21.4. The number of nitrogens with one attached hydrogen (secondary N) is 1. The van der Waals surface area contributed by atoms with Crippen LogP contribution in [0, 0.1) is 0 Å². The average Bonchev–Trinajstić information content (AvgIpc) is 2.79. The number of hydrogen-bond acceptors (Lipinski definition) is 4. The Labute approximate surface area is 180 Å². The highest BCUT2D eigenvalue weighted by Gasteiger charge is 2.08. The van der Waals surface area contributed by atoms with Crippen molar-refractivity contribution in [1.82, 2.24) is 5.48 Å². The number of aliphatic imine (C=N–C) groups is 1. The number of hydroxylamine groups is 1. The molecular weight excluding hydrogens is 376 g/mol. The lowest BCUT2D eigenvalue weighted by atomic mass is 10.1. The highest BCUT2D eigenvalue weighted by Crippen LogP contribution is 2.20. The number of ether oxygens (including phenoxy) is 1. The van der Waals surface area contributed by atoms with Gasteiger partial charge in [0.25, 0.3) is 0 Å². The highest BCUT2D eigenvalue weighted by atomic mass is 16.5. The number of aldehydes is 1. The largest absolute Gasteiger partial charge is 0.494 e. The summed E-state index contributed by atoms with van der Waals surface area (Å²) in [5.41, 5.74) is 3.74. The molecule has 0 unspecified atom stereocenters. The topological polar surface area (TPSA) is 70.9 Å². The molecule has 2 N–H and O–H groups in total. The second-order valence-corrected chi connectivity index (χ2v) is 7.45. The molecule has 0 saturated heterocycles. The number of nitrogens with zero attached hydrogens (tertiary/aromatic N) is 1. The molecule has 0 aliphatic heterocycles. The summed E-state index contributed by atoms with van der Waals surface area (Å²) in [6, 6.07) is 14.4. The minimum Gasteiger partial charge on any atom is -0.494 e. The summed E-state index contributed by atoms with van der Waals surface area (Å²) in [5.74, 6) is 1.03. The molecule has 0 radical (unpaired) electrons. The van der Waals surface area contributed by atoms with Gasteiger partial charge in [0, 0.05) is 11.1 Å². The van der Waals surface area contributed by atoms with Gasteiger partial charge in [0.1, 0.15) is 5.75 Å². The third-order valence-electron chi connectivity index (χ3n) is 5.04. The molecule has 0 spiro atoms. The van der Waals surface area contributed by atoms with Gasteiger partial charge in [0.2, 0.25) is 0 Å². The van der Waals surface area contributed by atoms with Gasteiger partial charge in [-0.25, -0.2) is 4.99 Å². The average molecular weight is 411 g/mol. The maximum absolute atomic E-state index is 11.2. The molecule has 0 fully saturated rings. The third kappa shape index (κ3) is 8.37. The van der Waals surface area contributed by atoms with E-state index in [2.05, 4.69) is 17.4 Å². The van der Waals surface area contributed by atoms with Crippen LogP contribution in [-0.4, -0.2) is 23.9 Å². The van der Waals surface area contributed by atoms with Crippen LogP contribution < -0.4 is 10.2 Å². The summed E-state index contributed by atoms with van der Waals surface area (Å²) in [7, 11) is 0. The molecule has 30 heavy (non-hydrogen) atoms. The Kier molecular flexibility index (Phi) is 11.3. The van der Waals surface area contributed by atoms with Crippen LogP contribution in [-0.2, 0) is 0 Å². The normalized spacial score (nSPS) is 11.3. The Morgan fingerprint density at radius 1 is 0.933 bits per heavy atom. The van der Waals surface area contributed by atoms with E-state index in [0.29, 0.717) is 23.4 Å². The molecule has 0 heterocycles. The van der Waals surface area contributed by atoms with Crippen LogP contribution in [0.3, 0.4) is 0 Å². The van der Waals surface area contributed by atoms with Crippen LogP contribution in [0.25, 0.3) is 0 Å². The highest BCUT2D eigenvalue weighted by molar-refractivity contribution is 6.05. The Bertz CT molecular complexity index is 772. The molecule has 2 rings (SSSR count). The van der Waals surface area contributed by atoms with Crippen LogP contribution in [0.15, 0.2) is 53.5 Å². The first-order valence-electron chi connectivity index (χ1n) is 11.0. The zero-order valence-corrected chi connectivity index (χ0v) is 18.0. The molecule has 0 saturated carbocycles. The lowest BCUT2D eigenvalue weighted by Crippen LogP contribution is -2.21. The van der Waals surface area contributed by atoms with Crippen molar-refractivity contribution < 1.29 is 14.7 Å². The van der Waals surface area contributed by atoms with Gasteiger partial charge in [-0.1, -0.05) is 82.6 Å². The molecule has 0 atom stereocenters. The molecule has 5 heteroatoms. The summed E-state index contributed by atoms with van der Waals surface area (Å²) in [5, 5.41) is 9.45. The van der Waals surface area contributed by atoms with Gasteiger partial charge in [-0.15, -0.1) is 0 Å². The number of benzene rings is 2. The molecular formula is C25H34N2O3. The maximum Gasteiger partial charge on any atom is 0.158 e. The third-order valence-corrected chi connectivity index (χ3v) is 5.04. The van der Waals surface area contributed by atoms with Crippen molar-refractivity contribution in [3.8, 4) is 5.75 Å². The summed E-state index contributed by atoms with van der Waals surface area (Å²) in [6.07, 6.45) is 12.4. The van der Waals surface area contributed by atoms with Gasteiger partial charge in [-0.2, -0.15) is 0 Å². The van der Waals surface area contributed by atoms with Crippen LogP contribution in [0.2, 0.25) is 0 Å². The lowest BCUT2D eigenvalue weighted by Gasteiger charge is -2.09. The quantitative estimate of drug-likeness (QED) is 0.123. The van der Waals surface area contributed by atoms with E-state index in [-0.39, 0.29) is 5.84 Å². The van der Waals surface area contributed by atoms with Gasteiger partial charge in [0.05, 0.1) is 12.3 Å². The van der Waals surface area contributed by atoms with E-state index in [1.54, 1.807) is 24.3 Å². The second-order valence-electron chi connectivity index (χ2n) is 7.45. The first kappa shape index (κ1) is 23.6. The van der Waals surface area contributed by atoms with Crippen LogP contribution in [0.5, 0.6) is 5.75 Å². The SMILES string of the molecule is CCCCCCCCCCCOc1ccc(N=C(NO)c2ccccc2C=O)cc1. The molecule has 2 aromatic carbocycles. The minimum atomic E-state index is 0.223. The summed E-state index contributed by atoms with van der Waals surface area (Å²) < 4.78 is 5.81. The van der Waals surface area contributed by atoms with Crippen molar-refractivity contribution >= 4 is 17.8 Å². The van der Waals surface area contributed by atoms with E-state index in [4.69, 9.17) is 4.74 Å². The van der Waals surface area contributed by atoms with Gasteiger partial charge < -0.3 is 4.74 Å². The van der Waals surface area contributed by atoms with Crippen molar-refractivity contribution in [3.05, 3.63) is 59.7 Å². The van der Waals surface area contributed by atoms with E-state index in [0.717, 1.165) is 18.5 Å². The number of carbonyl (C=O) groups excluding carboxylic acids is 1. The summed E-state index contributed by atoms with van der Waals surface area (Å²) >= 11 is 0. The summed E-state index contributed by atoms with van der Waals surface area (Å²) in [6.45, 7) is 2.97. The van der Waals surface area contributed by atoms with Crippen molar-refractivity contribution in [3.63, 3.8) is 0 Å². The maximum atomic E-state index is 11.2. The van der Waals surface area contributed by atoms with Crippen molar-refractivity contribution in [2.45, 2.75) is 64.7 Å². The molecule has 0 aliphatic rings. The van der Waals surface area contributed by atoms with Crippen molar-refractivity contribution in [2.75, 3.05) is 6.61 Å². The minimum absolute atomic E-state index is 0.223. The molecule has 5 nitrogen and oxygen atoms in total. The number of hydrogen-bond donors (Lipinski definition) is 2. The second kappa shape index (κ2) is 14.3. The van der Waals surface area contributed by atoms with Gasteiger partial charge in [-0.3, -0.25) is 15.5 Å². The molecule has 0 aliphatic carbocycles. The fraction of sp³-hybridized carbons (Fsp3) is 0.440. The van der Waals surface area contributed by atoms with Crippen LogP contribution >= 0.6 is 0 Å². The molecule has 0 bridgehead atoms. The van der Waals surface area contributed by atoms with Gasteiger partial charge in [-0.05, 0) is 30.7 Å². The Morgan fingerprint density at radius 3 is 2.20 bits per heavy atom. The van der Waals surface area contributed by atoms with E-state index in [1.165, 1.54) is 51.4 Å². The molecule has 0 aromatic heterocycles. The van der Waals surface area contributed by atoms with E-state index >= 15 is 0 Å². The van der Waals surface area contributed by atoms with Crippen LogP contribution in [0.4, 0.5) is 5.69 Å². The standard InChI is InChI=1S/C25H34N2O3/c1-2-3-4-5-6-7-8-9-12-19-30-23-17-15-22(16-18-23)26-25(27-29)24-14-11-10-13-21(24)20-28/h10-11,13-18,20,29H,2-9,12,19H2,1H3,(H,26,27). The monoisotopic (exact) mass is 410 g/mol. The summed E-state index contributed by atoms with van der Waals surface area (Å²) in [4.78, 5) is 15.6. The zero-order valence-electron chi connectivity index (χ0n) is 18.0. The number of amidine groups is 1. The number of rotatable bonds is 14. The predicted octanol–water partition coefficient (Wildman–Crippen LogP) is 6.47. The molecule has 2 aromatic rings. The van der Waals surface area contributed by atoms with Gasteiger partial charge >= 0.3 is 0 Å². The number of carbonyl (C=O) groups is 1. The fourth-order valence-electron chi connectivity index (χ4n) is 3.31. The van der Waals surface area contributed by atoms with E-state index in [1.807, 2.05) is 24.3 Å². The van der Waals surface area contributed by atoms with Crippen molar-refractivity contribution in [1.29, 1.82) is 0 Å². The lowest BCUT2D eigenvalue weighted by molar-refractivity contribution is 0.112. The van der Waals surface area contributed by atoms with Crippen molar-refractivity contribution in [2.24, 2.45) is 4.99 Å². The smallest absolute Gasteiger partial charge is 0.158 e.